The number of hydrogen-bond acceptors (Lipinski definition) is 2. The number of aromatic amines is 1. The quantitative estimate of drug-likeness (QED) is 0.777. The van der Waals surface area contributed by atoms with Crippen molar-refractivity contribution in [3.05, 3.63) is 71.9 Å². The Bertz CT molecular complexity index is 770. The minimum absolute atomic E-state index is 1.06. The van der Waals surface area contributed by atoms with Gasteiger partial charge in [-0.1, -0.05) is 36.4 Å². The summed E-state index contributed by atoms with van der Waals surface area (Å²) in [5.74, 6) is 0. The molecule has 2 heterocycles. The van der Waals surface area contributed by atoms with Gasteiger partial charge < -0.3 is 9.88 Å². The molecule has 1 aliphatic heterocycles. The van der Waals surface area contributed by atoms with Gasteiger partial charge >= 0.3 is 0 Å². The molecule has 0 bridgehead atoms. The summed E-state index contributed by atoms with van der Waals surface area (Å²) in [4.78, 5) is 8.44. The lowest BCUT2D eigenvalue weighted by Gasteiger charge is -2.34. The van der Waals surface area contributed by atoms with Crippen LogP contribution in [0.3, 0.4) is 0 Å². The van der Waals surface area contributed by atoms with Crippen LogP contribution in [-0.2, 0) is 13.0 Å². The van der Waals surface area contributed by atoms with Crippen LogP contribution in [0.5, 0.6) is 0 Å². The smallest absolute Gasteiger partial charge is 0.0454 e. The second-order valence-corrected chi connectivity index (χ2v) is 6.75. The SMILES string of the molecule is c1ccc(CCN2CCN(Cc3ccc4[nH]ccc4c3)CC2)cc1. The molecule has 1 saturated heterocycles. The molecule has 0 amide bonds. The first-order valence-corrected chi connectivity index (χ1v) is 8.91. The lowest BCUT2D eigenvalue weighted by molar-refractivity contribution is 0.128. The summed E-state index contributed by atoms with van der Waals surface area (Å²) in [5, 5.41) is 1.31. The Morgan fingerprint density at radius 1 is 0.792 bits per heavy atom. The van der Waals surface area contributed by atoms with Gasteiger partial charge in [-0.3, -0.25) is 4.90 Å². The van der Waals surface area contributed by atoms with Crippen LogP contribution < -0.4 is 0 Å². The van der Waals surface area contributed by atoms with E-state index in [1.165, 1.54) is 54.8 Å². The minimum Gasteiger partial charge on any atom is -0.361 e. The zero-order valence-corrected chi connectivity index (χ0v) is 14.1. The van der Waals surface area contributed by atoms with Gasteiger partial charge in [-0.05, 0) is 41.1 Å². The first-order chi connectivity index (χ1) is 11.9. The van der Waals surface area contributed by atoms with E-state index in [-0.39, 0.29) is 0 Å². The maximum atomic E-state index is 3.26. The molecular formula is C21H25N3. The van der Waals surface area contributed by atoms with E-state index in [2.05, 4.69) is 69.4 Å². The molecule has 0 saturated carbocycles. The molecule has 2 aromatic carbocycles. The lowest BCUT2D eigenvalue weighted by atomic mass is 10.1. The number of nitrogens with zero attached hydrogens (tertiary/aromatic N) is 2. The van der Waals surface area contributed by atoms with E-state index in [1.54, 1.807) is 0 Å². The van der Waals surface area contributed by atoms with Crippen LogP contribution in [-0.4, -0.2) is 47.5 Å². The third-order valence-corrected chi connectivity index (χ3v) is 5.05. The molecule has 1 aromatic heterocycles. The Kier molecular flexibility index (Phi) is 4.63. The van der Waals surface area contributed by atoms with Gasteiger partial charge in [0.15, 0.2) is 0 Å². The number of hydrogen-bond donors (Lipinski definition) is 1. The normalized spacial score (nSPS) is 16.7. The number of H-pyrrole nitrogens is 1. The zero-order chi connectivity index (χ0) is 16.2. The molecule has 3 heteroatoms. The average Bonchev–Trinajstić information content (AvgIpc) is 3.10. The number of nitrogens with one attached hydrogen (secondary N) is 1. The summed E-state index contributed by atoms with van der Waals surface area (Å²) < 4.78 is 0. The van der Waals surface area contributed by atoms with Gasteiger partial charge in [0.1, 0.15) is 0 Å². The van der Waals surface area contributed by atoms with E-state index in [1.807, 2.05) is 6.20 Å². The molecule has 0 radical (unpaired) electrons. The van der Waals surface area contributed by atoms with E-state index < -0.39 is 0 Å². The van der Waals surface area contributed by atoms with Gasteiger partial charge in [0.05, 0.1) is 0 Å². The highest BCUT2D eigenvalue weighted by Crippen LogP contribution is 2.16. The molecule has 1 N–H and O–H groups in total. The van der Waals surface area contributed by atoms with Crippen molar-refractivity contribution in [2.24, 2.45) is 0 Å². The Morgan fingerprint density at radius 2 is 1.58 bits per heavy atom. The lowest BCUT2D eigenvalue weighted by Crippen LogP contribution is -2.46. The van der Waals surface area contributed by atoms with Crippen molar-refractivity contribution in [1.29, 1.82) is 0 Å². The van der Waals surface area contributed by atoms with E-state index in [9.17, 15) is 0 Å². The van der Waals surface area contributed by atoms with Crippen molar-refractivity contribution in [2.45, 2.75) is 13.0 Å². The molecule has 3 nitrogen and oxygen atoms in total. The van der Waals surface area contributed by atoms with Crippen molar-refractivity contribution in [2.75, 3.05) is 32.7 Å². The van der Waals surface area contributed by atoms with Gasteiger partial charge in [0, 0.05) is 51.0 Å². The van der Waals surface area contributed by atoms with Crippen LogP contribution in [0.1, 0.15) is 11.1 Å². The number of benzene rings is 2. The average molecular weight is 319 g/mol. The second kappa shape index (κ2) is 7.20. The molecule has 3 aromatic rings. The molecule has 124 valence electrons. The summed E-state index contributed by atoms with van der Waals surface area (Å²) in [6, 6.07) is 19.7. The van der Waals surface area contributed by atoms with E-state index >= 15 is 0 Å². The first-order valence-electron chi connectivity index (χ1n) is 8.91. The van der Waals surface area contributed by atoms with Crippen molar-refractivity contribution in [3.8, 4) is 0 Å². The molecule has 4 rings (SSSR count). The highest BCUT2D eigenvalue weighted by atomic mass is 15.3. The van der Waals surface area contributed by atoms with Gasteiger partial charge in [0.25, 0.3) is 0 Å². The molecule has 0 atom stereocenters. The fourth-order valence-corrected chi connectivity index (χ4v) is 3.56. The van der Waals surface area contributed by atoms with Crippen LogP contribution in [0, 0.1) is 0 Å². The molecule has 24 heavy (non-hydrogen) atoms. The van der Waals surface area contributed by atoms with Crippen LogP contribution in [0.2, 0.25) is 0 Å². The largest absolute Gasteiger partial charge is 0.361 e. The molecular weight excluding hydrogens is 294 g/mol. The van der Waals surface area contributed by atoms with Gasteiger partial charge in [-0.2, -0.15) is 0 Å². The summed E-state index contributed by atoms with van der Waals surface area (Å²) in [7, 11) is 0. The molecule has 1 fully saturated rings. The summed E-state index contributed by atoms with van der Waals surface area (Å²) in [6.07, 6.45) is 3.17. The predicted octanol–water partition coefficient (Wildman–Crippen LogP) is 3.53. The Hall–Kier alpha value is -2.10. The van der Waals surface area contributed by atoms with Crippen molar-refractivity contribution >= 4 is 10.9 Å². The van der Waals surface area contributed by atoms with Gasteiger partial charge in [-0.15, -0.1) is 0 Å². The first kappa shape index (κ1) is 15.4. The van der Waals surface area contributed by atoms with Gasteiger partial charge in [0.2, 0.25) is 0 Å². The highest BCUT2D eigenvalue weighted by Gasteiger charge is 2.16. The van der Waals surface area contributed by atoms with E-state index in [4.69, 9.17) is 0 Å². The fourth-order valence-electron chi connectivity index (χ4n) is 3.56. The number of rotatable bonds is 5. The highest BCUT2D eigenvalue weighted by molar-refractivity contribution is 5.79. The Labute approximate surface area is 143 Å². The third-order valence-electron chi connectivity index (χ3n) is 5.05. The zero-order valence-electron chi connectivity index (χ0n) is 14.1. The molecule has 0 unspecified atom stereocenters. The molecule has 0 aliphatic carbocycles. The second-order valence-electron chi connectivity index (χ2n) is 6.75. The topological polar surface area (TPSA) is 22.3 Å². The Morgan fingerprint density at radius 3 is 2.42 bits per heavy atom. The monoisotopic (exact) mass is 319 g/mol. The van der Waals surface area contributed by atoms with Crippen LogP contribution >= 0.6 is 0 Å². The van der Waals surface area contributed by atoms with Gasteiger partial charge in [-0.25, -0.2) is 0 Å². The maximum Gasteiger partial charge on any atom is 0.0454 e. The summed E-state index contributed by atoms with van der Waals surface area (Å²) in [6.45, 7) is 6.93. The van der Waals surface area contributed by atoms with E-state index in [0.29, 0.717) is 0 Å². The third kappa shape index (κ3) is 3.69. The van der Waals surface area contributed by atoms with Crippen LogP contribution in [0.25, 0.3) is 10.9 Å². The Balaban J connectivity index is 1.26. The van der Waals surface area contributed by atoms with Crippen molar-refractivity contribution in [1.82, 2.24) is 14.8 Å². The van der Waals surface area contributed by atoms with Crippen LogP contribution in [0.4, 0.5) is 0 Å². The predicted molar refractivity (Wildman–Crippen MR) is 100 cm³/mol. The number of aromatic nitrogens is 1. The molecule has 0 spiro atoms. The molecule has 1 aliphatic rings. The number of fused-ring (bicyclic) bond motifs is 1. The minimum atomic E-state index is 1.06. The number of piperazine rings is 1. The van der Waals surface area contributed by atoms with Crippen LogP contribution in [0.15, 0.2) is 60.8 Å². The summed E-state index contributed by atoms with van der Waals surface area (Å²) >= 11 is 0. The summed E-state index contributed by atoms with van der Waals surface area (Å²) in [5.41, 5.74) is 4.09. The fraction of sp³-hybridized carbons (Fsp3) is 0.333. The maximum absolute atomic E-state index is 3.26. The van der Waals surface area contributed by atoms with E-state index in [0.717, 1.165) is 13.0 Å². The standard InChI is InChI=1S/C21H25N3/c1-2-4-18(5-3-1)9-11-23-12-14-24(15-13-23)17-19-6-7-21-20(16-19)8-10-22-21/h1-8,10,16,22H,9,11-15,17H2. The van der Waals surface area contributed by atoms with Crippen molar-refractivity contribution in [3.63, 3.8) is 0 Å². The van der Waals surface area contributed by atoms with Crippen molar-refractivity contribution < 1.29 is 0 Å².